The first-order valence-electron chi connectivity index (χ1n) is 8.72. The number of anilines is 1. The Labute approximate surface area is 158 Å². The number of hydrogen-bond donors (Lipinski definition) is 1. The summed E-state index contributed by atoms with van der Waals surface area (Å²) in [5, 5.41) is 0. The summed E-state index contributed by atoms with van der Waals surface area (Å²) in [6.45, 7) is 6.28. The summed E-state index contributed by atoms with van der Waals surface area (Å²) in [7, 11) is -3.55. The molecule has 2 heterocycles. The van der Waals surface area contributed by atoms with Gasteiger partial charge in [0, 0.05) is 5.56 Å². The maximum absolute atomic E-state index is 13.4. The monoisotopic (exact) mass is 395 g/mol. The third-order valence-electron chi connectivity index (χ3n) is 4.12. The van der Waals surface area contributed by atoms with Crippen LogP contribution in [-0.2, 0) is 19.5 Å². The third-order valence-corrected chi connectivity index (χ3v) is 5.38. The number of sulfonamides is 1. The fourth-order valence-corrected chi connectivity index (χ4v) is 3.28. The van der Waals surface area contributed by atoms with Gasteiger partial charge in [0.05, 0.1) is 35.9 Å². The molecule has 27 heavy (non-hydrogen) atoms. The molecule has 1 aliphatic heterocycles. The topological polar surface area (TPSA) is 90.4 Å². The van der Waals surface area contributed by atoms with Crippen molar-refractivity contribution in [1.82, 2.24) is 9.97 Å². The molecule has 1 aromatic heterocycles. The van der Waals surface area contributed by atoms with Crippen molar-refractivity contribution in [2.24, 2.45) is 0 Å². The zero-order chi connectivity index (χ0) is 19.6. The summed E-state index contributed by atoms with van der Waals surface area (Å²) in [6, 6.07) is 5.81. The minimum atomic E-state index is -3.55. The molecular weight excluding hydrogens is 373 g/mol. The van der Waals surface area contributed by atoms with Gasteiger partial charge >= 0.3 is 0 Å². The van der Waals surface area contributed by atoms with Crippen molar-refractivity contribution in [1.29, 1.82) is 0 Å². The highest BCUT2D eigenvalue weighted by Gasteiger charge is 2.29. The summed E-state index contributed by atoms with van der Waals surface area (Å²) < 4.78 is 51.1. The van der Waals surface area contributed by atoms with Gasteiger partial charge in [-0.25, -0.2) is 22.8 Å². The van der Waals surface area contributed by atoms with Gasteiger partial charge in [0.2, 0.25) is 16.0 Å². The van der Waals surface area contributed by atoms with E-state index >= 15 is 0 Å². The van der Waals surface area contributed by atoms with E-state index in [1.807, 2.05) is 13.8 Å². The number of ether oxygens (including phenoxy) is 2. The van der Waals surface area contributed by atoms with Crippen LogP contribution >= 0.6 is 0 Å². The smallest absolute Gasteiger partial charge is 0.237 e. The molecule has 0 radical (unpaired) electrons. The standard InChI is InChI=1S/C18H22FN3O4S/c1-4-27(23,24)22-18-20-15(11(2)3)14(17-25-9-10-26-17)16(21-18)12-5-7-13(19)8-6-12/h5-8,11,17H,4,9-10H2,1-3H3,(H,20,21,22). The van der Waals surface area contributed by atoms with Crippen molar-refractivity contribution in [2.75, 3.05) is 23.7 Å². The molecule has 0 saturated carbocycles. The van der Waals surface area contributed by atoms with E-state index in [9.17, 15) is 12.8 Å². The Kier molecular flexibility index (Phi) is 5.73. The van der Waals surface area contributed by atoms with Crippen LogP contribution in [-0.4, -0.2) is 37.4 Å². The molecule has 146 valence electrons. The van der Waals surface area contributed by atoms with Gasteiger partial charge < -0.3 is 9.47 Å². The lowest BCUT2D eigenvalue weighted by Crippen LogP contribution is -2.19. The number of aromatic nitrogens is 2. The molecule has 2 aromatic rings. The highest BCUT2D eigenvalue weighted by atomic mass is 32.2. The van der Waals surface area contributed by atoms with Crippen molar-refractivity contribution in [3.63, 3.8) is 0 Å². The van der Waals surface area contributed by atoms with Crippen molar-refractivity contribution >= 4 is 16.0 Å². The molecule has 0 atom stereocenters. The van der Waals surface area contributed by atoms with Crippen LogP contribution < -0.4 is 4.72 Å². The maximum Gasteiger partial charge on any atom is 0.237 e. The number of rotatable bonds is 6. The van der Waals surface area contributed by atoms with Crippen LogP contribution in [0.25, 0.3) is 11.3 Å². The fraction of sp³-hybridized carbons (Fsp3) is 0.444. The van der Waals surface area contributed by atoms with Crippen LogP contribution in [0.4, 0.5) is 10.3 Å². The second-order valence-electron chi connectivity index (χ2n) is 6.44. The summed E-state index contributed by atoms with van der Waals surface area (Å²) >= 11 is 0. The van der Waals surface area contributed by atoms with E-state index in [-0.39, 0.29) is 23.4 Å². The number of nitrogens with one attached hydrogen (secondary N) is 1. The zero-order valence-electron chi connectivity index (χ0n) is 15.4. The van der Waals surface area contributed by atoms with E-state index in [0.29, 0.717) is 35.7 Å². The molecule has 9 heteroatoms. The van der Waals surface area contributed by atoms with E-state index in [1.54, 1.807) is 12.1 Å². The maximum atomic E-state index is 13.4. The molecule has 0 unspecified atom stereocenters. The summed E-state index contributed by atoms with van der Waals surface area (Å²) in [6.07, 6.45) is -0.653. The van der Waals surface area contributed by atoms with E-state index in [0.717, 1.165) is 0 Å². The molecule has 0 bridgehead atoms. The lowest BCUT2D eigenvalue weighted by atomic mass is 9.98. The lowest BCUT2D eigenvalue weighted by molar-refractivity contribution is -0.0449. The van der Waals surface area contributed by atoms with Gasteiger partial charge in [-0.1, -0.05) is 13.8 Å². The molecule has 1 aliphatic rings. The van der Waals surface area contributed by atoms with Crippen LogP contribution in [0.5, 0.6) is 0 Å². The molecule has 1 aromatic carbocycles. The fourth-order valence-electron chi connectivity index (χ4n) is 2.77. The molecule has 1 N–H and O–H groups in total. The van der Waals surface area contributed by atoms with Crippen molar-refractivity contribution < 1.29 is 22.3 Å². The molecule has 0 spiro atoms. The van der Waals surface area contributed by atoms with Gasteiger partial charge in [0.15, 0.2) is 6.29 Å². The van der Waals surface area contributed by atoms with Crippen molar-refractivity contribution in [2.45, 2.75) is 33.0 Å². The summed E-state index contributed by atoms with van der Waals surface area (Å²) in [5.41, 5.74) is 2.32. The first kappa shape index (κ1) is 19.7. The molecule has 0 amide bonds. The molecule has 0 aliphatic carbocycles. The molecular formula is C18H22FN3O4S. The van der Waals surface area contributed by atoms with Crippen LogP contribution in [0.2, 0.25) is 0 Å². The van der Waals surface area contributed by atoms with Gasteiger partial charge in [-0.15, -0.1) is 0 Å². The second-order valence-corrected chi connectivity index (χ2v) is 8.45. The van der Waals surface area contributed by atoms with E-state index in [1.165, 1.54) is 19.1 Å². The minimum absolute atomic E-state index is 0.0263. The predicted molar refractivity (Wildman–Crippen MR) is 99.2 cm³/mol. The molecule has 1 saturated heterocycles. The highest BCUT2D eigenvalue weighted by molar-refractivity contribution is 7.92. The van der Waals surface area contributed by atoms with Gasteiger partial charge in [0.25, 0.3) is 0 Å². The Bertz CT molecular complexity index is 911. The van der Waals surface area contributed by atoms with E-state index in [2.05, 4.69) is 14.7 Å². The van der Waals surface area contributed by atoms with E-state index in [4.69, 9.17) is 9.47 Å². The summed E-state index contributed by atoms with van der Waals surface area (Å²) in [4.78, 5) is 8.83. The van der Waals surface area contributed by atoms with Crippen LogP contribution in [0.1, 0.15) is 44.2 Å². The molecule has 7 nitrogen and oxygen atoms in total. The molecule has 1 fully saturated rings. The lowest BCUT2D eigenvalue weighted by Gasteiger charge is -2.21. The molecule has 3 rings (SSSR count). The Morgan fingerprint density at radius 3 is 2.37 bits per heavy atom. The normalized spacial score (nSPS) is 15.4. The zero-order valence-corrected chi connectivity index (χ0v) is 16.2. The van der Waals surface area contributed by atoms with Gasteiger partial charge in [-0.2, -0.15) is 0 Å². The van der Waals surface area contributed by atoms with Crippen LogP contribution in [0, 0.1) is 5.82 Å². The average molecular weight is 395 g/mol. The Morgan fingerprint density at radius 2 is 1.81 bits per heavy atom. The average Bonchev–Trinajstić information content (AvgIpc) is 3.15. The quantitative estimate of drug-likeness (QED) is 0.808. The Balaban J connectivity index is 2.21. The first-order valence-corrected chi connectivity index (χ1v) is 10.4. The highest BCUT2D eigenvalue weighted by Crippen LogP contribution is 2.37. The summed E-state index contributed by atoms with van der Waals surface area (Å²) in [5.74, 6) is -0.546. The van der Waals surface area contributed by atoms with Crippen molar-refractivity contribution in [3.8, 4) is 11.3 Å². The Morgan fingerprint density at radius 1 is 1.19 bits per heavy atom. The largest absolute Gasteiger partial charge is 0.346 e. The van der Waals surface area contributed by atoms with E-state index < -0.39 is 16.3 Å². The van der Waals surface area contributed by atoms with Gasteiger partial charge in [-0.3, -0.25) is 4.72 Å². The predicted octanol–water partition coefficient (Wildman–Crippen LogP) is 3.21. The SMILES string of the molecule is CCS(=O)(=O)Nc1nc(-c2ccc(F)cc2)c(C2OCCO2)c(C(C)C)n1. The number of halogens is 1. The second kappa shape index (κ2) is 7.87. The third kappa shape index (κ3) is 4.42. The Hall–Kier alpha value is -2.10. The first-order chi connectivity index (χ1) is 12.8. The van der Waals surface area contributed by atoms with Crippen LogP contribution in [0.3, 0.4) is 0 Å². The number of hydrogen-bond acceptors (Lipinski definition) is 6. The van der Waals surface area contributed by atoms with Crippen LogP contribution in [0.15, 0.2) is 24.3 Å². The van der Waals surface area contributed by atoms with Gasteiger partial charge in [-0.05, 0) is 37.1 Å². The number of benzene rings is 1. The van der Waals surface area contributed by atoms with Gasteiger partial charge in [0.1, 0.15) is 5.82 Å². The van der Waals surface area contributed by atoms with Crippen molar-refractivity contribution in [3.05, 3.63) is 41.3 Å². The number of nitrogens with zero attached hydrogens (tertiary/aromatic N) is 2. The minimum Gasteiger partial charge on any atom is -0.346 e.